The van der Waals surface area contributed by atoms with Gasteiger partial charge in [-0.25, -0.2) is 0 Å². The first-order chi connectivity index (χ1) is 8.03. The molecule has 5 nitrogen and oxygen atoms in total. The number of carbonyl (C=O) groups is 2. The summed E-state index contributed by atoms with van der Waals surface area (Å²) in [5.41, 5.74) is 4.97. The van der Waals surface area contributed by atoms with Gasteiger partial charge in [0, 0.05) is 26.6 Å². The molecule has 1 atom stereocenters. The predicted molar refractivity (Wildman–Crippen MR) is 66.3 cm³/mol. The molecule has 1 fully saturated rings. The summed E-state index contributed by atoms with van der Waals surface area (Å²) in [5.74, 6) is 0.167. The van der Waals surface area contributed by atoms with Crippen LogP contribution >= 0.6 is 0 Å². The van der Waals surface area contributed by atoms with Gasteiger partial charge in [-0.2, -0.15) is 0 Å². The minimum absolute atomic E-state index is 0.0229. The monoisotopic (exact) mass is 241 g/mol. The third-order valence-electron chi connectivity index (χ3n) is 3.45. The lowest BCUT2D eigenvalue weighted by molar-refractivity contribution is -0.132. The average Bonchev–Trinajstić information content (AvgIpc) is 2.72. The Morgan fingerprint density at radius 1 is 1.41 bits per heavy atom. The number of likely N-dealkylation sites (tertiary alicyclic amines) is 1. The van der Waals surface area contributed by atoms with Crippen LogP contribution in [-0.4, -0.2) is 43.4 Å². The van der Waals surface area contributed by atoms with Crippen LogP contribution in [0.15, 0.2) is 0 Å². The highest BCUT2D eigenvalue weighted by molar-refractivity contribution is 5.84. The minimum atomic E-state index is -0.418. The molecule has 0 aromatic rings. The molecule has 0 saturated carbocycles. The molecule has 0 radical (unpaired) electrons. The van der Waals surface area contributed by atoms with Gasteiger partial charge in [-0.05, 0) is 32.7 Å². The van der Waals surface area contributed by atoms with Crippen LogP contribution in [0.1, 0.15) is 32.6 Å². The first-order valence-electron chi connectivity index (χ1n) is 6.23. The molecule has 0 aliphatic carbocycles. The summed E-state index contributed by atoms with van der Waals surface area (Å²) in [7, 11) is 1.64. The molecule has 1 heterocycles. The maximum absolute atomic E-state index is 11.9. The van der Waals surface area contributed by atoms with Crippen LogP contribution in [0.25, 0.3) is 0 Å². The van der Waals surface area contributed by atoms with Crippen LogP contribution in [0.2, 0.25) is 0 Å². The van der Waals surface area contributed by atoms with Crippen molar-refractivity contribution in [2.24, 2.45) is 11.1 Å². The Hall–Kier alpha value is -1.10. The Kier molecular flexibility index (Phi) is 4.93. The Morgan fingerprint density at radius 3 is 2.71 bits per heavy atom. The summed E-state index contributed by atoms with van der Waals surface area (Å²) in [6, 6.07) is 0. The second kappa shape index (κ2) is 6.00. The fraction of sp³-hybridized carbons (Fsp3) is 0.833. The lowest BCUT2D eigenvalue weighted by Crippen LogP contribution is -2.40. The molecule has 17 heavy (non-hydrogen) atoms. The highest BCUT2D eigenvalue weighted by Gasteiger charge is 2.41. The molecule has 0 spiro atoms. The van der Waals surface area contributed by atoms with E-state index in [9.17, 15) is 9.59 Å². The van der Waals surface area contributed by atoms with Crippen molar-refractivity contribution in [2.45, 2.75) is 32.6 Å². The third-order valence-corrected chi connectivity index (χ3v) is 3.45. The van der Waals surface area contributed by atoms with Crippen LogP contribution in [0.4, 0.5) is 0 Å². The number of amides is 2. The number of carbonyl (C=O) groups excluding carboxylic acids is 2. The van der Waals surface area contributed by atoms with Crippen molar-refractivity contribution in [2.75, 3.05) is 26.7 Å². The molecule has 0 aromatic carbocycles. The van der Waals surface area contributed by atoms with Crippen LogP contribution in [-0.2, 0) is 9.59 Å². The average molecular weight is 241 g/mol. The molecule has 98 valence electrons. The minimum Gasteiger partial charge on any atom is -0.359 e. The van der Waals surface area contributed by atoms with Crippen LogP contribution in [0.5, 0.6) is 0 Å². The highest BCUT2D eigenvalue weighted by atomic mass is 16.2. The topological polar surface area (TPSA) is 75.4 Å². The second-order valence-corrected chi connectivity index (χ2v) is 4.95. The SMILES string of the molecule is CNC(=O)C1(C)CCN(C(=O)CCCCN)C1. The lowest BCUT2D eigenvalue weighted by atomic mass is 9.89. The van der Waals surface area contributed by atoms with E-state index in [0.29, 0.717) is 26.1 Å². The number of hydrogen-bond acceptors (Lipinski definition) is 3. The normalized spacial score (nSPS) is 23.8. The van der Waals surface area contributed by atoms with Gasteiger partial charge in [0.05, 0.1) is 5.41 Å². The Morgan fingerprint density at radius 2 is 2.12 bits per heavy atom. The summed E-state index contributed by atoms with van der Waals surface area (Å²) < 4.78 is 0. The predicted octanol–water partition coefficient (Wildman–Crippen LogP) is 0.100. The van der Waals surface area contributed by atoms with E-state index in [2.05, 4.69) is 5.32 Å². The van der Waals surface area contributed by atoms with Crippen molar-refractivity contribution >= 4 is 11.8 Å². The molecule has 1 aliphatic heterocycles. The fourth-order valence-corrected chi connectivity index (χ4v) is 2.24. The van der Waals surface area contributed by atoms with E-state index in [-0.39, 0.29) is 11.8 Å². The van der Waals surface area contributed by atoms with Gasteiger partial charge in [0.2, 0.25) is 11.8 Å². The number of nitrogens with two attached hydrogens (primary N) is 1. The molecule has 1 aliphatic rings. The zero-order chi connectivity index (χ0) is 12.9. The van der Waals surface area contributed by atoms with E-state index in [1.807, 2.05) is 6.92 Å². The molecule has 1 rings (SSSR count). The summed E-state index contributed by atoms with van der Waals surface area (Å²) in [6.45, 7) is 3.77. The maximum atomic E-state index is 11.9. The number of nitrogens with one attached hydrogen (secondary N) is 1. The first kappa shape index (κ1) is 14.0. The Labute approximate surface area is 103 Å². The fourth-order valence-electron chi connectivity index (χ4n) is 2.24. The van der Waals surface area contributed by atoms with Gasteiger partial charge in [-0.1, -0.05) is 0 Å². The van der Waals surface area contributed by atoms with E-state index in [0.717, 1.165) is 19.3 Å². The molecule has 1 saturated heterocycles. The molecule has 2 amide bonds. The number of unbranched alkanes of at least 4 members (excludes halogenated alkanes) is 1. The molecular formula is C12H23N3O2. The Balaban J connectivity index is 2.44. The van der Waals surface area contributed by atoms with Crippen molar-refractivity contribution in [1.82, 2.24) is 10.2 Å². The molecular weight excluding hydrogens is 218 g/mol. The number of rotatable bonds is 5. The quantitative estimate of drug-likeness (QED) is 0.670. The van der Waals surface area contributed by atoms with E-state index in [4.69, 9.17) is 5.73 Å². The van der Waals surface area contributed by atoms with Gasteiger partial charge < -0.3 is 16.0 Å². The number of nitrogens with zero attached hydrogens (tertiary/aromatic N) is 1. The summed E-state index contributed by atoms with van der Waals surface area (Å²) >= 11 is 0. The number of hydrogen-bond donors (Lipinski definition) is 2. The summed E-state index contributed by atoms with van der Waals surface area (Å²) in [6.07, 6.45) is 3.01. The van der Waals surface area contributed by atoms with Gasteiger partial charge >= 0.3 is 0 Å². The zero-order valence-corrected chi connectivity index (χ0v) is 10.8. The van der Waals surface area contributed by atoms with Gasteiger partial charge in [0.25, 0.3) is 0 Å². The van der Waals surface area contributed by atoms with Crippen molar-refractivity contribution < 1.29 is 9.59 Å². The van der Waals surface area contributed by atoms with E-state index < -0.39 is 5.41 Å². The smallest absolute Gasteiger partial charge is 0.227 e. The molecule has 5 heteroatoms. The van der Waals surface area contributed by atoms with Gasteiger partial charge in [0.1, 0.15) is 0 Å². The largest absolute Gasteiger partial charge is 0.359 e. The molecule has 1 unspecified atom stereocenters. The molecule has 3 N–H and O–H groups in total. The van der Waals surface area contributed by atoms with E-state index >= 15 is 0 Å². The van der Waals surface area contributed by atoms with Crippen molar-refractivity contribution in [3.05, 3.63) is 0 Å². The highest BCUT2D eigenvalue weighted by Crippen LogP contribution is 2.30. The van der Waals surface area contributed by atoms with Crippen molar-refractivity contribution in [1.29, 1.82) is 0 Å². The van der Waals surface area contributed by atoms with Gasteiger partial charge in [-0.3, -0.25) is 9.59 Å². The molecule has 0 aromatic heterocycles. The van der Waals surface area contributed by atoms with Gasteiger partial charge in [-0.15, -0.1) is 0 Å². The van der Waals surface area contributed by atoms with E-state index in [1.165, 1.54) is 0 Å². The third kappa shape index (κ3) is 3.43. The van der Waals surface area contributed by atoms with Gasteiger partial charge in [0.15, 0.2) is 0 Å². The Bertz CT molecular complexity index is 293. The maximum Gasteiger partial charge on any atom is 0.227 e. The summed E-state index contributed by atoms with van der Waals surface area (Å²) in [5, 5.41) is 2.67. The molecule has 0 bridgehead atoms. The second-order valence-electron chi connectivity index (χ2n) is 4.95. The van der Waals surface area contributed by atoms with Crippen LogP contribution in [0, 0.1) is 5.41 Å². The summed E-state index contributed by atoms with van der Waals surface area (Å²) in [4.78, 5) is 25.4. The standard InChI is InChI=1S/C12H23N3O2/c1-12(11(17)14-2)6-8-15(9-12)10(16)5-3-4-7-13/h3-9,13H2,1-2H3,(H,14,17). The van der Waals surface area contributed by atoms with Crippen molar-refractivity contribution in [3.8, 4) is 0 Å². The first-order valence-corrected chi connectivity index (χ1v) is 6.23. The lowest BCUT2D eigenvalue weighted by Gasteiger charge is -2.22. The zero-order valence-electron chi connectivity index (χ0n) is 10.8. The van der Waals surface area contributed by atoms with Crippen LogP contribution < -0.4 is 11.1 Å². The van der Waals surface area contributed by atoms with E-state index in [1.54, 1.807) is 11.9 Å². The van der Waals surface area contributed by atoms with Crippen LogP contribution in [0.3, 0.4) is 0 Å². The van der Waals surface area contributed by atoms with Crippen molar-refractivity contribution in [3.63, 3.8) is 0 Å².